The number of fused-ring (bicyclic) bond motifs is 2. The molecule has 0 spiro atoms. The number of oxazole rings is 1. The van der Waals surface area contributed by atoms with Gasteiger partial charge in [0.05, 0.1) is 22.7 Å². The Hall–Kier alpha value is -5.18. The highest BCUT2D eigenvalue weighted by molar-refractivity contribution is 7.19. The fourth-order valence-electron chi connectivity index (χ4n) is 5.03. The van der Waals surface area contributed by atoms with Gasteiger partial charge in [0, 0.05) is 63.6 Å². The number of anilines is 2. The van der Waals surface area contributed by atoms with E-state index in [1.54, 1.807) is 28.9 Å². The number of hydrogen-bond donors (Lipinski definition) is 2. The van der Waals surface area contributed by atoms with Crippen LogP contribution in [0.5, 0.6) is 0 Å². The first-order chi connectivity index (χ1) is 21.9. The molecule has 0 aliphatic carbocycles. The number of nitrogens with two attached hydrogens (primary N) is 2. The van der Waals surface area contributed by atoms with Crippen LogP contribution < -0.4 is 16.0 Å². The molecule has 220 valence electrons. The molecule has 8 aromatic heterocycles. The van der Waals surface area contributed by atoms with E-state index in [0.29, 0.717) is 35.6 Å². The molecule has 0 amide bonds. The summed E-state index contributed by atoms with van der Waals surface area (Å²) in [6.07, 6.45) is 10.4. The zero-order chi connectivity index (χ0) is 30.5. The number of nitrogen functional groups attached to an aromatic ring is 2. The smallest absolute Gasteiger partial charge is 0.264 e. The highest BCUT2D eigenvalue weighted by Gasteiger charge is 2.17. The maximum atomic E-state index is 6.33. The Morgan fingerprint density at radius 1 is 0.822 bits per heavy atom. The van der Waals surface area contributed by atoms with E-state index in [-0.39, 0.29) is 0 Å². The second-order valence-electron chi connectivity index (χ2n) is 10.3. The van der Waals surface area contributed by atoms with Gasteiger partial charge in [-0.1, -0.05) is 0 Å². The summed E-state index contributed by atoms with van der Waals surface area (Å²) in [6.45, 7) is 1.95. The van der Waals surface area contributed by atoms with Crippen molar-refractivity contribution in [2.75, 3.05) is 11.5 Å². The number of thiazole rings is 1. The van der Waals surface area contributed by atoms with Gasteiger partial charge in [-0.15, -0.1) is 34.0 Å². The molecule has 0 aromatic carbocycles. The van der Waals surface area contributed by atoms with Crippen LogP contribution in [0, 0.1) is 6.92 Å². The van der Waals surface area contributed by atoms with E-state index in [1.807, 2.05) is 36.8 Å². The molecule has 0 saturated heterocycles. The molecular formula is C31H23N10OS3+. The number of rotatable bonds is 7. The molecule has 11 nitrogen and oxygen atoms in total. The van der Waals surface area contributed by atoms with E-state index in [0.717, 1.165) is 64.3 Å². The predicted octanol–water partition coefficient (Wildman–Crippen LogP) is 5.80. The van der Waals surface area contributed by atoms with Gasteiger partial charge in [0.15, 0.2) is 23.2 Å². The molecule has 8 aromatic rings. The van der Waals surface area contributed by atoms with Crippen molar-refractivity contribution in [1.82, 2.24) is 34.9 Å². The first-order valence-corrected chi connectivity index (χ1v) is 16.4. The molecule has 45 heavy (non-hydrogen) atoms. The minimum atomic E-state index is 0.348. The summed E-state index contributed by atoms with van der Waals surface area (Å²) in [5.41, 5.74) is 16.6. The SMILES string of the molecule is Cc1csc(-c2nc(N)c3cc(Cc4cc(-[n+]5cccc(Cc6cc7c(N)nc(-c8ncco8)nc7s6)c5)ccn4)sc3n2)n1. The van der Waals surface area contributed by atoms with Gasteiger partial charge >= 0.3 is 0 Å². The molecule has 0 fully saturated rings. The maximum absolute atomic E-state index is 6.33. The molecule has 0 saturated carbocycles. The lowest BCUT2D eigenvalue weighted by molar-refractivity contribution is -0.596. The number of thiophene rings is 2. The van der Waals surface area contributed by atoms with Crippen LogP contribution in [0.15, 0.2) is 77.2 Å². The minimum absolute atomic E-state index is 0.348. The molecule has 0 aliphatic heterocycles. The van der Waals surface area contributed by atoms with E-state index < -0.39 is 0 Å². The van der Waals surface area contributed by atoms with Crippen molar-refractivity contribution in [3.8, 4) is 28.2 Å². The maximum Gasteiger partial charge on any atom is 0.264 e. The third kappa shape index (κ3) is 5.39. The first kappa shape index (κ1) is 27.4. The third-order valence-corrected chi connectivity index (χ3v) is 10.1. The molecule has 0 aliphatic rings. The molecule has 8 rings (SSSR count). The van der Waals surface area contributed by atoms with Gasteiger partial charge in [0.25, 0.3) is 5.89 Å². The molecule has 0 bridgehead atoms. The normalized spacial score (nSPS) is 11.6. The molecular weight excluding hydrogens is 625 g/mol. The van der Waals surface area contributed by atoms with E-state index >= 15 is 0 Å². The molecule has 14 heteroatoms. The van der Waals surface area contributed by atoms with E-state index in [9.17, 15) is 0 Å². The quantitative estimate of drug-likeness (QED) is 0.202. The predicted molar refractivity (Wildman–Crippen MR) is 176 cm³/mol. The molecule has 0 unspecified atom stereocenters. The van der Waals surface area contributed by atoms with Crippen molar-refractivity contribution >= 4 is 66.1 Å². The average Bonchev–Trinajstić information content (AvgIpc) is 3.85. The lowest BCUT2D eigenvalue weighted by Crippen LogP contribution is -2.30. The molecule has 4 N–H and O–H groups in total. The van der Waals surface area contributed by atoms with Crippen molar-refractivity contribution in [1.29, 1.82) is 0 Å². The van der Waals surface area contributed by atoms with Gasteiger partial charge in [-0.3, -0.25) is 4.98 Å². The van der Waals surface area contributed by atoms with Gasteiger partial charge in [-0.25, -0.2) is 29.9 Å². The Kier molecular flexibility index (Phi) is 6.73. The van der Waals surface area contributed by atoms with Crippen LogP contribution in [0.1, 0.15) is 26.7 Å². The highest BCUT2D eigenvalue weighted by atomic mass is 32.1. The van der Waals surface area contributed by atoms with Crippen LogP contribution in [0.2, 0.25) is 0 Å². The largest absolute Gasteiger partial charge is 0.442 e. The van der Waals surface area contributed by atoms with E-state index in [1.165, 1.54) is 17.6 Å². The summed E-state index contributed by atoms with van der Waals surface area (Å²) in [5, 5.41) is 4.44. The summed E-state index contributed by atoms with van der Waals surface area (Å²) < 4.78 is 7.47. The summed E-state index contributed by atoms with van der Waals surface area (Å²) in [6, 6.07) is 12.4. The van der Waals surface area contributed by atoms with Crippen molar-refractivity contribution in [2.24, 2.45) is 0 Å². The topological polar surface area (TPSA) is 159 Å². The average molecular weight is 648 g/mol. The number of aromatic nitrogens is 8. The number of pyridine rings is 2. The molecule has 0 radical (unpaired) electrons. The second-order valence-corrected chi connectivity index (χ2v) is 13.4. The van der Waals surface area contributed by atoms with Crippen molar-refractivity contribution in [2.45, 2.75) is 19.8 Å². The Balaban J connectivity index is 1.03. The monoisotopic (exact) mass is 647 g/mol. The minimum Gasteiger partial charge on any atom is -0.442 e. The van der Waals surface area contributed by atoms with Gasteiger partial charge in [-0.05, 0) is 25.1 Å². The van der Waals surface area contributed by atoms with Gasteiger partial charge < -0.3 is 15.9 Å². The Morgan fingerprint density at radius 3 is 2.31 bits per heavy atom. The van der Waals surface area contributed by atoms with Crippen LogP contribution in [0.4, 0.5) is 11.6 Å². The summed E-state index contributed by atoms with van der Waals surface area (Å²) >= 11 is 4.71. The van der Waals surface area contributed by atoms with Gasteiger partial charge in [0.1, 0.15) is 27.6 Å². The standard InChI is InChI=1S/C31H23N10OS3/c1-16-15-43-31(36-16)27-38-25(33)23-13-21(45-30(23)40-27)11-18-10-19(4-5-34-18)41-7-2-3-17(14-41)9-20-12-22-24(32)37-26(39-29(22)44-20)28-35-6-8-42-28/h2-8,10,12-15H,9,11H2,1H3,(H2,32,37,39)(H2,33,38,40)/q+1. The fraction of sp³-hybridized carbons (Fsp3) is 0.0968. The third-order valence-electron chi connectivity index (χ3n) is 7.07. The van der Waals surface area contributed by atoms with Crippen LogP contribution in [-0.2, 0) is 12.8 Å². The van der Waals surface area contributed by atoms with Crippen LogP contribution >= 0.6 is 34.0 Å². The molecule has 0 atom stereocenters. The van der Waals surface area contributed by atoms with Crippen molar-refractivity contribution in [3.63, 3.8) is 0 Å². The van der Waals surface area contributed by atoms with Crippen molar-refractivity contribution < 1.29 is 8.98 Å². The van der Waals surface area contributed by atoms with Gasteiger partial charge in [0.2, 0.25) is 11.5 Å². The Bertz CT molecular complexity index is 2340. The van der Waals surface area contributed by atoms with Crippen LogP contribution in [0.25, 0.3) is 48.7 Å². The summed E-state index contributed by atoms with van der Waals surface area (Å²) in [7, 11) is 0. The Labute approximate surface area is 268 Å². The molecule has 8 heterocycles. The Morgan fingerprint density at radius 2 is 1.58 bits per heavy atom. The number of nitrogens with zero attached hydrogens (tertiary/aromatic N) is 8. The first-order valence-electron chi connectivity index (χ1n) is 13.8. The zero-order valence-corrected chi connectivity index (χ0v) is 26.2. The summed E-state index contributed by atoms with van der Waals surface area (Å²) in [4.78, 5) is 35.5. The second kappa shape index (κ2) is 11.1. The highest BCUT2D eigenvalue weighted by Crippen LogP contribution is 2.33. The van der Waals surface area contributed by atoms with Crippen LogP contribution in [0.3, 0.4) is 0 Å². The van der Waals surface area contributed by atoms with E-state index in [4.69, 9.17) is 20.9 Å². The fourth-order valence-corrected chi connectivity index (χ4v) is 7.88. The number of hydrogen-bond acceptors (Lipinski definition) is 13. The lowest BCUT2D eigenvalue weighted by atomic mass is 10.1. The summed E-state index contributed by atoms with van der Waals surface area (Å²) in [5.74, 6) is 2.16. The van der Waals surface area contributed by atoms with Crippen LogP contribution in [-0.4, -0.2) is 34.9 Å². The zero-order valence-electron chi connectivity index (χ0n) is 23.7. The van der Waals surface area contributed by atoms with Crippen molar-refractivity contribution in [3.05, 3.63) is 99.5 Å². The van der Waals surface area contributed by atoms with Gasteiger partial charge in [-0.2, -0.15) is 4.57 Å². The number of aryl methyl sites for hydroxylation is 1. The lowest BCUT2D eigenvalue weighted by Gasteiger charge is -2.02. The van der Waals surface area contributed by atoms with E-state index in [2.05, 4.69) is 64.9 Å².